The molecule has 0 radical (unpaired) electrons. The molecule has 0 aliphatic heterocycles. The van der Waals surface area contributed by atoms with Crippen LogP contribution in [0.25, 0.3) is 11.0 Å². The smallest absolute Gasteiger partial charge is 0.338 e. The van der Waals surface area contributed by atoms with Gasteiger partial charge in [0.1, 0.15) is 5.69 Å². The van der Waals surface area contributed by atoms with Crippen LogP contribution in [-0.2, 0) is 16.1 Å². The van der Waals surface area contributed by atoms with E-state index < -0.39 is 5.97 Å². The molecule has 0 saturated heterocycles. The molecule has 0 fully saturated rings. The number of rotatable bonds is 7. The third-order valence-corrected chi connectivity index (χ3v) is 3.85. The van der Waals surface area contributed by atoms with Gasteiger partial charge in [-0.15, -0.1) is 0 Å². The van der Waals surface area contributed by atoms with Gasteiger partial charge in [-0.1, -0.05) is 13.3 Å². The van der Waals surface area contributed by atoms with Crippen LogP contribution in [0.5, 0.6) is 0 Å². The average Bonchev–Trinajstić information content (AvgIpc) is 2.60. The maximum absolute atomic E-state index is 12.1. The number of hydrogen-bond acceptors (Lipinski definition) is 5. The zero-order valence-corrected chi connectivity index (χ0v) is 14.8. The van der Waals surface area contributed by atoms with Gasteiger partial charge in [-0.3, -0.25) is 9.59 Å². The summed E-state index contributed by atoms with van der Waals surface area (Å²) in [4.78, 5) is 40.1. The van der Waals surface area contributed by atoms with Crippen molar-refractivity contribution in [1.82, 2.24) is 14.9 Å². The average molecular weight is 345 g/mol. The molecule has 0 aliphatic carbocycles. The molecule has 1 N–H and O–H groups in total. The fraction of sp³-hybridized carbons (Fsp3) is 0.444. The Morgan fingerprint density at radius 1 is 1.28 bits per heavy atom. The fourth-order valence-electron chi connectivity index (χ4n) is 2.49. The quantitative estimate of drug-likeness (QED) is 0.610. The first-order chi connectivity index (χ1) is 12.0. The highest BCUT2D eigenvalue weighted by Crippen LogP contribution is 2.14. The van der Waals surface area contributed by atoms with Crippen LogP contribution in [0, 0.1) is 6.92 Å². The van der Waals surface area contributed by atoms with Gasteiger partial charge in [-0.05, 0) is 38.5 Å². The zero-order chi connectivity index (χ0) is 18.4. The molecular weight excluding hydrogens is 322 g/mol. The lowest BCUT2D eigenvalue weighted by Gasteiger charge is -2.10. The lowest BCUT2D eigenvalue weighted by atomic mass is 10.2. The van der Waals surface area contributed by atoms with Gasteiger partial charge in [0.15, 0.2) is 6.61 Å². The minimum Gasteiger partial charge on any atom is -0.452 e. The van der Waals surface area contributed by atoms with Gasteiger partial charge in [0, 0.05) is 13.1 Å². The number of aryl methyl sites for hydroxylation is 2. The van der Waals surface area contributed by atoms with Crippen molar-refractivity contribution in [1.29, 1.82) is 0 Å². The topological polar surface area (TPSA) is 90.3 Å². The maximum atomic E-state index is 12.1. The van der Waals surface area contributed by atoms with Gasteiger partial charge >= 0.3 is 5.97 Å². The van der Waals surface area contributed by atoms with Crippen molar-refractivity contribution in [2.75, 3.05) is 13.2 Å². The number of carbonyl (C=O) groups excluding carboxylic acids is 2. The Kier molecular flexibility index (Phi) is 6.27. The van der Waals surface area contributed by atoms with E-state index in [1.165, 1.54) is 0 Å². The number of nitrogens with zero attached hydrogens (tertiary/aromatic N) is 2. The van der Waals surface area contributed by atoms with Gasteiger partial charge < -0.3 is 14.6 Å². The third-order valence-electron chi connectivity index (χ3n) is 3.85. The minimum atomic E-state index is -0.596. The Morgan fingerprint density at radius 2 is 2.04 bits per heavy atom. The summed E-state index contributed by atoms with van der Waals surface area (Å²) in [6.07, 6.45) is 1.86. The first kappa shape index (κ1) is 18.6. The van der Waals surface area contributed by atoms with Crippen LogP contribution >= 0.6 is 0 Å². The number of hydrogen-bond donors (Lipinski definition) is 1. The van der Waals surface area contributed by atoms with Gasteiger partial charge in [0.05, 0.1) is 16.6 Å². The molecule has 0 spiro atoms. The van der Waals surface area contributed by atoms with E-state index in [-0.39, 0.29) is 18.1 Å². The fourth-order valence-corrected chi connectivity index (χ4v) is 2.49. The molecule has 7 nitrogen and oxygen atoms in total. The van der Waals surface area contributed by atoms with Gasteiger partial charge in [0.25, 0.3) is 11.5 Å². The molecule has 7 heteroatoms. The number of nitrogens with one attached hydrogen (secondary N) is 1. The van der Waals surface area contributed by atoms with Crippen LogP contribution < -0.4 is 10.9 Å². The summed E-state index contributed by atoms with van der Waals surface area (Å²) in [5.74, 6) is -0.919. The van der Waals surface area contributed by atoms with Gasteiger partial charge in [-0.2, -0.15) is 0 Å². The predicted molar refractivity (Wildman–Crippen MR) is 94.6 cm³/mol. The lowest BCUT2D eigenvalue weighted by Crippen LogP contribution is -2.29. The Labute approximate surface area is 146 Å². The van der Waals surface area contributed by atoms with Crippen LogP contribution in [0.15, 0.2) is 23.0 Å². The Balaban J connectivity index is 2.13. The number of fused-ring (bicyclic) bond motifs is 1. The van der Waals surface area contributed by atoms with Crippen molar-refractivity contribution < 1.29 is 14.3 Å². The van der Waals surface area contributed by atoms with Crippen LogP contribution in [0.2, 0.25) is 0 Å². The molecule has 1 amide bonds. The predicted octanol–water partition coefficient (Wildman–Crippen LogP) is 1.80. The number of ether oxygens (including phenoxy) is 1. The number of esters is 1. The molecular formula is C18H23N3O4. The first-order valence-electron chi connectivity index (χ1n) is 8.43. The van der Waals surface area contributed by atoms with E-state index in [9.17, 15) is 14.4 Å². The molecule has 0 atom stereocenters. The number of benzene rings is 1. The highest BCUT2D eigenvalue weighted by molar-refractivity contribution is 5.94. The summed E-state index contributed by atoms with van der Waals surface area (Å²) in [6, 6.07) is 4.82. The van der Waals surface area contributed by atoms with Crippen LogP contribution in [0.3, 0.4) is 0 Å². The molecule has 0 unspecified atom stereocenters. The van der Waals surface area contributed by atoms with E-state index in [0.717, 1.165) is 12.8 Å². The number of unbranched alkanes of at least 4 members (excludes halogenated alkanes) is 1. The van der Waals surface area contributed by atoms with E-state index in [2.05, 4.69) is 10.3 Å². The highest BCUT2D eigenvalue weighted by atomic mass is 16.5. The normalized spacial score (nSPS) is 10.7. The molecule has 0 saturated carbocycles. The summed E-state index contributed by atoms with van der Waals surface area (Å²) in [5.41, 5.74) is 1.72. The summed E-state index contributed by atoms with van der Waals surface area (Å²) < 4.78 is 6.64. The molecule has 2 aromatic rings. The summed E-state index contributed by atoms with van der Waals surface area (Å²) in [6.45, 7) is 6.31. The summed E-state index contributed by atoms with van der Waals surface area (Å²) in [7, 11) is 0. The molecule has 1 aromatic carbocycles. The van der Waals surface area contributed by atoms with Crippen molar-refractivity contribution in [2.45, 2.75) is 40.2 Å². The first-order valence-corrected chi connectivity index (χ1v) is 8.43. The van der Waals surface area contributed by atoms with E-state index in [1.54, 1.807) is 29.7 Å². The van der Waals surface area contributed by atoms with E-state index in [0.29, 0.717) is 35.4 Å². The van der Waals surface area contributed by atoms with Crippen molar-refractivity contribution in [2.24, 2.45) is 0 Å². The van der Waals surface area contributed by atoms with E-state index >= 15 is 0 Å². The lowest BCUT2D eigenvalue weighted by molar-refractivity contribution is -0.124. The van der Waals surface area contributed by atoms with Crippen LogP contribution in [0.4, 0.5) is 0 Å². The zero-order valence-electron chi connectivity index (χ0n) is 14.8. The number of amides is 1. The van der Waals surface area contributed by atoms with Crippen molar-refractivity contribution in [3.63, 3.8) is 0 Å². The Bertz CT molecular complexity index is 842. The molecule has 1 heterocycles. The van der Waals surface area contributed by atoms with E-state index in [4.69, 9.17) is 4.74 Å². The summed E-state index contributed by atoms with van der Waals surface area (Å²) in [5, 5.41) is 2.68. The van der Waals surface area contributed by atoms with E-state index in [1.807, 2.05) is 13.8 Å². The monoisotopic (exact) mass is 345 g/mol. The molecule has 0 bridgehead atoms. The SMILES string of the molecule is CCCCNC(=O)COC(=O)c1ccc2c(c1)nc(C)c(=O)n2CC. The molecule has 134 valence electrons. The standard InChI is InChI=1S/C18H23N3O4/c1-4-6-9-19-16(22)11-25-18(24)13-7-8-15-14(10-13)20-12(3)17(23)21(15)5-2/h7-8,10H,4-6,9,11H2,1-3H3,(H,19,22). The third kappa shape index (κ3) is 4.43. The Hall–Kier alpha value is -2.70. The number of aromatic nitrogens is 2. The second-order valence-electron chi connectivity index (χ2n) is 5.73. The van der Waals surface area contributed by atoms with Gasteiger partial charge in [0.2, 0.25) is 0 Å². The largest absolute Gasteiger partial charge is 0.452 e. The van der Waals surface area contributed by atoms with Crippen LogP contribution in [0.1, 0.15) is 42.7 Å². The minimum absolute atomic E-state index is 0.144. The molecule has 2 rings (SSSR count). The molecule has 0 aliphatic rings. The van der Waals surface area contributed by atoms with Gasteiger partial charge in [-0.25, -0.2) is 9.78 Å². The molecule has 1 aromatic heterocycles. The van der Waals surface area contributed by atoms with Crippen molar-refractivity contribution >= 4 is 22.9 Å². The highest BCUT2D eigenvalue weighted by Gasteiger charge is 2.13. The van der Waals surface area contributed by atoms with Crippen molar-refractivity contribution in [3.8, 4) is 0 Å². The second-order valence-corrected chi connectivity index (χ2v) is 5.73. The van der Waals surface area contributed by atoms with Crippen LogP contribution in [-0.4, -0.2) is 34.6 Å². The Morgan fingerprint density at radius 3 is 2.72 bits per heavy atom. The number of carbonyl (C=O) groups is 2. The molecule has 25 heavy (non-hydrogen) atoms. The summed E-state index contributed by atoms with van der Waals surface area (Å²) >= 11 is 0. The maximum Gasteiger partial charge on any atom is 0.338 e. The second kappa shape index (κ2) is 8.41. The van der Waals surface area contributed by atoms with Crippen molar-refractivity contribution in [3.05, 3.63) is 39.8 Å².